The average Bonchev–Trinajstić information content (AvgIpc) is 2.89. The lowest BCUT2D eigenvalue weighted by atomic mass is 9.63. The van der Waals surface area contributed by atoms with Gasteiger partial charge in [0.05, 0.1) is 17.5 Å². The first-order chi connectivity index (χ1) is 11.6. The van der Waals surface area contributed by atoms with E-state index in [4.69, 9.17) is 0 Å². The number of nitrogens with zero attached hydrogens (tertiary/aromatic N) is 1. The zero-order valence-corrected chi connectivity index (χ0v) is 13.6. The molecule has 2 bridgehead atoms. The van der Waals surface area contributed by atoms with E-state index >= 15 is 0 Å². The van der Waals surface area contributed by atoms with Crippen LogP contribution in [0.15, 0.2) is 24.3 Å². The number of anilines is 1. The van der Waals surface area contributed by atoms with Crippen molar-refractivity contribution in [1.29, 1.82) is 0 Å². The van der Waals surface area contributed by atoms with Gasteiger partial charge in [-0.25, -0.2) is 4.90 Å². The van der Waals surface area contributed by atoms with Crippen LogP contribution in [-0.2, 0) is 22.4 Å². The molecule has 1 aliphatic heterocycles. The average molecular weight is 323 g/mol. The maximum Gasteiger partial charge on any atom is 0.238 e. The summed E-state index contributed by atoms with van der Waals surface area (Å²) in [6.45, 7) is 0. The van der Waals surface area contributed by atoms with Crippen molar-refractivity contribution in [3.05, 3.63) is 35.4 Å². The Kier molecular flexibility index (Phi) is 2.94. The van der Waals surface area contributed by atoms with Crippen molar-refractivity contribution < 1.29 is 14.7 Å². The molecule has 4 atom stereocenters. The lowest BCUT2D eigenvalue weighted by Gasteiger charge is -2.38. The molecule has 2 fully saturated rings. The monoisotopic (exact) mass is 323 g/mol. The molecule has 1 unspecified atom stereocenters. The minimum absolute atomic E-state index is 0.0660. The predicted octanol–water partition coefficient (Wildman–Crippen LogP) is 2.97. The van der Waals surface area contributed by atoms with E-state index in [1.54, 1.807) is 6.07 Å². The fourth-order valence-corrected chi connectivity index (χ4v) is 5.25. The van der Waals surface area contributed by atoms with E-state index in [9.17, 15) is 14.7 Å². The van der Waals surface area contributed by atoms with Crippen LogP contribution in [0, 0.1) is 23.7 Å². The van der Waals surface area contributed by atoms with Gasteiger partial charge in [0.1, 0.15) is 5.75 Å². The zero-order chi connectivity index (χ0) is 16.4. The number of amides is 2. The molecule has 4 aliphatic carbocycles. The summed E-state index contributed by atoms with van der Waals surface area (Å²) < 4.78 is 0. The van der Waals surface area contributed by atoms with E-state index in [1.165, 1.54) is 10.5 Å². The van der Waals surface area contributed by atoms with Gasteiger partial charge in [0.15, 0.2) is 0 Å². The summed E-state index contributed by atoms with van der Waals surface area (Å²) in [5.41, 5.74) is 2.73. The van der Waals surface area contributed by atoms with Gasteiger partial charge >= 0.3 is 0 Å². The largest absolute Gasteiger partial charge is 0.506 e. The summed E-state index contributed by atoms with van der Waals surface area (Å²) in [5, 5.41) is 10.5. The summed E-state index contributed by atoms with van der Waals surface area (Å²) in [6.07, 6.45) is 10.4. The van der Waals surface area contributed by atoms with E-state index in [0.717, 1.165) is 44.1 Å². The first-order valence-corrected chi connectivity index (χ1v) is 9.06. The Balaban J connectivity index is 1.58. The Bertz CT molecular complexity index is 749. The van der Waals surface area contributed by atoms with Crippen LogP contribution < -0.4 is 4.90 Å². The third kappa shape index (κ3) is 1.80. The molecular formula is C20H21NO3. The first-order valence-electron chi connectivity index (χ1n) is 9.06. The van der Waals surface area contributed by atoms with Gasteiger partial charge in [-0.2, -0.15) is 0 Å². The van der Waals surface area contributed by atoms with Crippen molar-refractivity contribution in [1.82, 2.24) is 0 Å². The van der Waals surface area contributed by atoms with Crippen molar-refractivity contribution in [2.24, 2.45) is 23.7 Å². The van der Waals surface area contributed by atoms with Gasteiger partial charge in [0.2, 0.25) is 11.8 Å². The Morgan fingerprint density at radius 3 is 1.96 bits per heavy atom. The molecule has 124 valence electrons. The number of hydrogen-bond acceptors (Lipinski definition) is 3. The standard InChI is InChI=1S/C20H21NO3/c22-16-10-14-4-2-1-3-13(14)9-15(16)21-19(23)17-11-5-6-12(8-7-11)18(17)20(21)24/h5-6,9-12,17-18,22H,1-4,7-8H2/t11-,12+,17-,18?/m1/s1. The Labute approximate surface area is 141 Å². The number of allylic oxidation sites excluding steroid dienone is 2. The first kappa shape index (κ1) is 14.3. The number of benzene rings is 1. The number of carbonyl (C=O) groups excluding carboxylic acids is 2. The van der Waals surface area contributed by atoms with Crippen LogP contribution in [0.3, 0.4) is 0 Å². The highest BCUT2D eigenvalue weighted by molar-refractivity contribution is 6.23. The summed E-state index contributed by atoms with van der Waals surface area (Å²) in [6, 6.07) is 3.64. The van der Waals surface area contributed by atoms with Crippen molar-refractivity contribution in [2.45, 2.75) is 38.5 Å². The molecule has 1 N–H and O–H groups in total. The van der Waals surface area contributed by atoms with Crippen LogP contribution in [0.5, 0.6) is 5.75 Å². The molecular weight excluding hydrogens is 302 g/mol. The molecule has 5 aliphatic rings. The van der Waals surface area contributed by atoms with Crippen molar-refractivity contribution in [2.75, 3.05) is 4.90 Å². The second-order valence-corrected chi connectivity index (χ2v) is 7.67. The highest BCUT2D eigenvalue weighted by Gasteiger charge is 2.57. The molecule has 0 aromatic heterocycles. The summed E-state index contributed by atoms with van der Waals surface area (Å²) in [7, 11) is 0. The Hall–Kier alpha value is -2.10. The van der Waals surface area contributed by atoms with Gasteiger partial charge in [0.25, 0.3) is 0 Å². The van der Waals surface area contributed by atoms with E-state index in [1.807, 2.05) is 6.07 Å². The minimum atomic E-state index is -0.225. The number of hydrogen-bond donors (Lipinski definition) is 1. The molecule has 0 spiro atoms. The fraction of sp³-hybridized carbons (Fsp3) is 0.500. The number of imide groups is 1. The van der Waals surface area contributed by atoms with E-state index in [-0.39, 0.29) is 41.2 Å². The number of phenols is 1. The molecule has 1 saturated heterocycles. The topological polar surface area (TPSA) is 57.6 Å². The molecule has 6 rings (SSSR count). The molecule has 1 aromatic carbocycles. The minimum Gasteiger partial charge on any atom is -0.506 e. The second kappa shape index (κ2) is 4.95. The molecule has 1 saturated carbocycles. The van der Waals surface area contributed by atoms with Crippen molar-refractivity contribution in [3.8, 4) is 5.75 Å². The van der Waals surface area contributed by atoms with Gasteiger partial charge in [-0.15, -0.1) is 0 Å². The predicted molar refractivity (Wildman–Crippen MR) is 89.6 cm³/mol. The second-order valence-electron chi connectivity index (χ2n) is 7.67. The lowest BCUT2D eigenvalue weighted by Crippen LogP contribution is -2.38. The van der Waals surface area contributed by atoms with Crippen LogP contribution in [-0.4, -0.2) is 16.9 Å². The number of fused-ring (bicyclic) bond motifs is 2. The van der Waals surface area contributed by atoms with Gasteiger partial charge in [0, 0.05) is 0 Å². The molecule has 4 nitrogen and oxygen atoms in total. The van der Waals surface area contributed by atoms with Crippen LogP contribution in [0.25, 0.3) is 0 Å². The highest BCUT2D eigenvalue weighted by atomic mass is 16.3. The third-order valence-electron chi connectivity index (χ3n) is 6.44. The molecule has 2 amide bonds. The summed E-state index contributed by atoms with van der Waals surface area (Å²) in [4.78, 5) is 27.3. The van der Waals surface area contributed by atoms with Crippen LogP contribution in [0.2, 0.25) is 0 Å². The van der Waals surface area contributed by atoms with E-state index in [0.29, 0.717) is 5.69 Å². The van der Waals surface area contributed by atoms with Gasteiger partial charge < -0.3 is 5.11 Å². The third-order valence-corrected chi connectivity index (χ3v) is 6.44. The maximum atomic E-state index is 13.0. The molecule has 1 aromatic rings. The smallest absolute Gasteiger partial charge is 0.238 e. The van der Waals surface area contributed by atoms with E-state index < -0.39 is 0 Å². The Morgan fingerprint density at radius 1 is 0.875 bits per heavy atom. The van der Waals surface area contributed by atoms with Crippen LogP contribution in [0.4, 0.5) is 5.69 Å². The van der Waals surface area contributed by atoms with Crippen molar-refractivity contribution in [3.63, 3.8) is 0 Å². The van der Waals surface area contributed by atoms with Gasteiger partial charge in [-0.1, -0.05) is 12.2 Å². The zero-order valence-electron chi connectivity index (χ0n) is 13.6. The van der Waals surface area contributed by atoms with Gasteiger partial charge in [-0.05, 0) is 73.6 Å². The molecule has 0 radical (unpaired) electrons. The SMILES string of the molecule is O=C1C2[C@H]3C=C[C@H](CC3)[C@H]2C(=O)N1c1cc2c(cc1O)CCCC2. The summed E-state index contributed by atoms with van der Waals surface area (Å²) >= 11 is 0. The molecule has 4 heteroatoms. The Morgan fingerprint density at radius 2 is 1.42 bits per heavy atom. The van der Waals surface area contributed by atoms with Gasteiger partial charge in [-0.3, -0.25) is 9.59 Å². The van der Waals surface area contributed by atoms with Crippen LogP contribution in [0.1, 0.15) is 36.8 Å². The number of rotatable bonds is 1. The van der Waals surface area contributed by atoms with E-state index in [2.05, 4.69) is 12.2 Å². The number of carbonyl (C=O) groups is 2. The highest BCUT2D eigenvalue weighted by Crippen LogP contribution is 2.51. The fourth-order valence-electron chi connectivity index (χ4n) is 5.25. The maximum absolute atomic E-state index is 13.0. The quantitative estimate of drug-likeness (QED) is 0.638. The van der Waals surface area contributed by atoms with Crippen LogP contribution >= 0.6 is 0 Å². The normalized spacial score (nSPS) is 33.8. The molecule has 24 heavy (non-hydrogen) atoms. The number of phenolic OH excluding ortho intramolecular Hbond substituents is 1. The summed E-state index contributed by atoms with van der Waals surface area (Å²) in [5.74, 6) is -0.252. The lowest BCUT2D eigenvalue weighted by molar-refractivity contribution is -0.124. The number of aryl methyl sites for hydroxylation is 2. The molecule has 1 heterocycles. The van der Waals surface area contributed by atoms with Crippen molar-refractivity contribution >= 4 is 17.5 Å². The number of aromatic hydroxyl groups is 1.